The summed E-state index contributed by atoms with van der Waals surface area (Å²) in [6.45, 7) is 4.63. The highest BCUT2D eigenvalue weighted by Crippen LogP contribution is 2.18. The number of aliphatic hydroxyl groups excluding tert-OH is 1. The molecule has 0 spiro atoms. The first kappa shape index (κ1) is 14.1. The van der Waals surface area contributed by atoms with Crippen molar-refractivity contribution in [2.45, 2.75) is 20.5 Å². The van der Waals surface area contributed by atoms with Gasteiger partial charge in [0.2, 0.25) is 0 Å². The molecule has 1 aromatic rings. The van der Waals surface area contributed by atoms with Gasteiger partial charge in [0.1, 0.15) is 9.88 Å². The third-order valence-electron chi connectivity index (χ3n) is 2.24. The van der Waals surface area contributed by atoms with Gasteiger partial charge in [-0.05, 0) is 12.8 Å². The van der Waals surface area contributed by atoms with E-state index < -0.39 is 0 Å². The number of nitrogens with zero attached hydrogens (tertiary/aromatic N) is 1. The molecule has 17 heavy (non-hydrogen) atoms. The number of methoxy groups -OCH3 is 1. The fourth-order valence-corrected chi connectivity index (χ4v) is 2.21. The summed E-state index contributed by atoms with van der Waals surface area (Å²) in [5.41, 5.74) is 0.719. The van der Waals surface area contributed by atoms with Gasteiger partial charge in [0, 0.05) is 20.3 Å². The predicted octanol–water partition coefficient (Wildman–Crippen LogP) is 0.956. The van der Waals surface area contributed by atoms with Crippen molar-refractivity contribution in [1.82, 2.24) is 10.3 Å². The molecule has 1 atom stereocenters. The lowest BCUT2D eigenvalue weighted by Gasteiger charge is -2.08. The zero-order valence-electron chi connectivity index (χ0n) is 10.3. The number of nitrogens with one attached hydrogen (secondary N) is 1. The van der Waals surface area contributed by atoms with Gasteiger partial charge in [0.15, 0.2) is 0 Å². The Morgan fingerprint density at radius 3 is 2.94 bits per heavy atom. The molecule has 0 saturated heterocycles. The van der Waals surface area contributed by atoms with Crippen molar-refractivity contribution in [3.05, 3.63) is 15.6 Å². The molecule has 0 fully saturated rings. The van der Waals surface area contributed by atoms with Gasteiger partial charge >= 0.3 is 0 Å². The Balaban J connectivity index is 2.62. The number of thiazole rings is 1. The van der Waals surface area contributed by atoms with E-state index in [9.17, 15) is 4.79 Å². The van der Waals surface area contributed by atoms with E-state index in [1.54, 1.807) is 14.0 Å². The van der Waals surface area contributed by atoms with Gasteiger partial charge in [0.25, 0.3) is 5.91 Å². The van der Waals surface area contributed by atoms with Gasteiger partial charge < -0.3 is 15.2 Å². The smallest absolute Gasteiger partial charge is 0.263 e. The number of ether oxygens (including phenoxy) is 1. The number of hydrogen-bond donors (Lipinski definition) is 2. The number of hydrogen-bond acceptors (Lipinski definition) is 5. The second kappa shape index (κ2) is 6.68. The predicted molar refractivity (Wildman–Crippen MR) is 66.1 cm³/mol. The van der Waals surface area contributed by atoms with Crippen LogP contribution in [0.2, 0.25) is 0 Å². The minimum absolute atomic E-state index is 0.0608. The zero-order valence-corrected chi connectivity index (χ0v) is 11.1. The largest absolute Gasteiger partial charge is 0.396 e. The summed E-state index contributed by atoms with van der Waals surface area (Å²) in [6, 6.07) is 0. The molecule has 0 aliphatic heterocycles. The first-order valence-corrected chi connectivity index (χ1v) is 6.24. The molecule has 0 aliphatic rings. The van der Waals surface area contributed by atoms with Crippen LogP contribution in [0.1, 0.15) is 27.3 Å². The summed E-state index contributed by atoms with van der Waals surface area (Å²) in [4.78, 5) is 16.7. The van der Waals surface area contributed by atoms with Crippen molar-refractivity contribution < 1.29 is 14.6 Å². The lowest BCUT2D eigenvalue weighted by molar-refractivity contribution is 0.0945. The Morgan fingerprint density at radius 1 is 1.65 bits per heavy atom. The minimum Gasteiger partial charge on any atom is -0.396 e. The Bertz CT molecular complexity index is 379. The molecule has 6 heteroatoms. The SMILES string of the molecule is COCc1nc(C)c(C(=O)NCC(C)CO)s1. The first-order chi connectivity index (χ1) is 8.08. The van der Waals surface area contributed by atoms with E-state index in [4.69, 9.17) is 9.84 Å². The highest BCUT2D eigenvalue weighted by atomic mass is 32.1. The number of aliphatic hydroxyl groups is 1. The molecule has 1 heterocycles. The average molecular weight is 258 g/mol. The average Bonchev–Trinajstić information content (AvgIpc) is 2.67. The first-order valence-electron chi connectivity index (χ1n) is 5.42. The van der Waals surface area contributed by atoms with Gasteiger partial charge in [0.05, 0.1) is 12.3 Å². The zero-order chi connectivity index (χ0) is 12.8. The van der Waals surface area contributed by atoms with Crippen LogP contribution in [0.15, 0.2) is 0 Å². The molecule has 1 aromatic heterocycles. The van der Waals surface area contributed by atoms with Crippen LogP contribution >= 0.6 is 11.3 Å². The standard InChI is InChI=1S/C11H18N2O3S/c1-7(5-14)4-12-11(15)10-8(2)13-9(17-10)6-16-3/h7,14H,4-6H2,1-3H3,(H,12,15). The molecule has 0 saturated carbocycles. The van der Waals surface area contributed by atoms with E-state index in [-0.39, 0.29) is 18.4 Å². The van der Waals surface area contributed by atoms with Crippen LogP contribution in [0.4, 0.5) is 0 Å². The monoisotopic (exact) mass is 258 g/mol. The quantitative estimate of drug-likeness (QED) is 0.797. The van der Waals surface area contributed by atoms with Crippen LogP contribution in [0.3, 0.4) is 0 Å². The fourth-order valence-electron chi connectivity index (χ4n) is 1.26. The highest BCUT2D eigenvalue weighted by Gasteiger charge is 2.15. The van der Waals surface area contributed by atoms with Gasteiger partial charge in [-0.3, -0.25) is 4.79 Å². The van der Waals surface area contributed by atoms with E-state index in [0.29, 0.717) is 18.0 Å². The van der Waals surface area contributed by atoms with Crippen LogP contribution < -0.4 is 5.32 Å². The van der Waals surface area contributed by atoms with Crippen molar-refractivity contribution in [2.75, 3.05) is 20.3 Å². The Labute approximate surface area is 105 Å². The summed E-state index contributed by atoms with van der Waals surface area (Å²) >= 11 is 1.34. The summed E-state index contributed by atoms with van der Waals surface area (Å²) in [7, 11) is 1.60. The third-order valence-corrected chi connectivity index (χ3v) is 3.37. The van der Waals surface area contributed by atoms with Gasteiger partial charge in [-0.25, -0.2) is 4.98 Å². The number of amides is 1. The van der Waals surface area contributed by atoms with Gasteiger partial charge in [-0.15, -0.1) is 11.3 Å². The van der Waals surface area contributed by atoms with Gasteiger partial charge in [-0.1, -0.05) is 6.92 Å². The number of carbonyl (C=O) groups excluding carboxylic acids is 1. The topological polar surface area (TPSA) is 71.5 Å². The van der Waals surface area contributed by atoms with Crippen molar-refractivity contribution in [3.8, 4) is 0 Å². The summed E-state index contributed by atoms with van der Waals surface area (Å²) in [6.07, 6.45) is 0. The maximum Gasteiger partial charge on any atom is 0.263 e. The Hall–Kier alpha value is -0.980. The lowest BCUT2D eigenvalue weighted by atomic mass is 10.2. The molecule has 0 aromatic carbocycles. The Kier molecular flexibility index (Phi) is 5.54. The second-order valence-electron chi connectivity index (χ2n) is 3.95. The molecule has 0 bridgehead atoms. The van der Waals surface area contributed by atoms with E-state index in [0.717, 1.165) is 10.7 Å². The van der Waals surface area contributed by atoms with E-state index in [1.165, 1.54) is 11.3 Å². The Morgan fingerprint density at radius 2 is 2.35 bits per heavy atom. The molecule has 1 rings (SSSR count). The summed E-state index contributed by atoms with van der Waals surface area (Å²) < 4.78 is 4.97. The normalized spacial score (nSPS) is 12.5. The van der Waals surface area contributed by atoms with Gasteiger partial charge in [-0.2, -0.15) is 0 Å². The molecule has 2 N–H and O–H groups in total. The van der Waals surface area contributed by atoms with Crippen LogP contribution in [-0.4, -0.2) is 36.3 Å². The van der Waals surface area contributed by atoms with E-state index >= 15 is 0 Å². The number of rotatable bonds is 6. The lowest BCUT2D eigenvalue weighted by Crippen LogP contribution is -2.29. The molecule has 96 valence electrons. The van der Waals surface area contributed by atoms with Crippen molar-refractivity contribution >= 4 is 17.2 Å². The van der Waals surface area contributed by atoms with E-state index in [1.807, 2.05) is 6.92 Å². The molecule has 0 aliphatic carbocycles. The molecule has 1 unspecified atom stereocenters. The molecular formula is C11H18N2O3S. The van der Waals surface area contributed by atoms with Crippen molar-refractivity contribution in [1.29, 1.82) is 0 Å². The molecule has 1 amide bonds. The third kappa shape index (κ3) is 4.07. The van der Waals surface area contributed by atoms with Crippen LogP contribution in [0.5, 0.6) is 0 Å². The maximum absolute atomic E-state index is 11.8. The fraction of sp³-hybridized carbons (Fsp3) is 0.636. The molecule has 5 nitrogen and oxygen atoms in total. The van der Waals surface area contributed by atoms with Crippen LogP contribution in [-0.2, 0) is 11.3 Å². The summed E-state index contributed by atoms with van der Waals surface area (Å²) in [5.74, 6) is -0.0757. The van der Waals surface area contributed by atoms with Crippen molar-refractivity contribution in [2.24, 2.45) is 5.92 Å². The number of aromatic nitrogens is 1. The van der Waals surface area contributed by atoms with Crippen LogP contribution in [0.25, 0.3) is 0 Å². The number of aryl methyl sites for hydroxylation is 1. The maximum atomic E-state index is 11.8. The highest BCUT2D eigenvalue weighted by molar-refractivity contribution is 7.13. The van der Waals surface area contributed by atoms with Crippen LogP contribution in [0, 0.1) is 12.8 Å². The molecule has 0 radical (unpaired) electrons. The minimum atomic E-state index is -0.136. The molecular weight excluding hydrogens is 240 g/mol. The summed E-state index contributed by atoms with van der Waals surface area (Å²) in [5, 5.41) is 12.4. The number of carbonyl (C=O) groups is 1. The van der Waals surface area contributed by atoms with Crippen molar-refractivity contribution in [3.63, 3.8) is 0 Å². The second-order valence-corrected chi connectivity index (χ2v) is 5.04. The van der Waals surface area contributed by atoms with E-state index in [2.05, 4.69) is 10.3 Å².